The SMILES string of the molecule is CCOc1cc(C(=O)NCC(=O)N/N=C/c2ccccc2OC)cc(OCC)c1OCC. The first-order chi connectivity index (χ1) is 15.5. The predicted molar refractivity (Wildman–Crippen MR) is 121 cm³/mol. The third-order valence-electron chi connectivity index (χ3n) is 4.11. The van der Waals surface area contributed by atoms with E-state index in [1.165, 1.54) is 6.21 Å². The highest BCUT2D eigenvalue weighted by Crippen LogP contribution is 2.39. The number of nitrogens with one attached hydrogen (secondary N) is 2. The van der Waals surface area contributed by atoms with Gasteiger partial charge in [-0.3, -0.25) is 9.59 Å². The van der Waals surface area contributed by atoms with E-state index in [0.29, 0.717) is 48.4 Å². The van der Waals surface area contributed by atoms with Gasteiger partial charge in [0.1, 0.15) is 5.75 Å². The van der Waals surface area contributed by atoms with Crippen molar-refractivity contribution < 1.29 is 28.5 Å². The van der Waals surface area contributed by atoms with Gasteiger partial charge >= 0.3 is 0 Å². The number of hydrogen-bond donors (Lipinski definition) is 2. The highest BCUT2D eigenvalue weighted by Gasteiger charge is 2.18. The van der Waals surface area contributed by atoms with Gasteiger partial charge in [-0.1, -0.05) is 12.1 Å². The quantitative estimate of drug-likeness (QED) is 0.386. The Labute approximate surface area is 187 Å². The van der Waals surface area contributed by atoms with Crippen LogP contribution in [0.2, 0.25) is 0 Å². The van der Waals surface area contributed by atoms with Crippen LogP contribution >= 0.6 is 0 Å². The number of carbonyl (C=O) groups excluding carboxylic acids is 2. The summed E-state index contributed by atoms with van der Waals surface area (Å²) in [6, 6.07) is 10.4. The maximum atomic E-state index is 12.6. The van der Waals surface area contributed by atoms with Gasteiger partial charge in [-0.2, -0.15) is 5.10 Å². The Morgan fingerprint density at radius 1 is 0.938 bits per heavy atom. The number of methoxy groups -OCH3 is 1. The predicted octanol–water partition coefficient (Wildman–Crippen LogP) is 2.77. The van der Waals surface area contributed by atoms with Gasteiger partial charge < -0.3 is 24.3 Å². The number of ether oxygens (including phenoxy) is 4. The fourth-order valence-electron chi connectivity index (χ4n) is 2.77. The number of hydrazone groups is 1. The van der Waals surface area contributed by atoms with Gasteiger partial charge in [-0.05, 0) is 45.0 Å². The van der Waals surface area contributed by atoms with Crippen LogP contribution in [0.4, 0.5) is 0 Å². The number of benzene rings is 2. The molecule has 0 saturated heterocycles. The molecular weight excluding hydrogens is 414 g/mol. The maximum absolute atomic E-state index is 12.6. The molecule has 0 radical (unpaired) electrons. The lowest BCUT2D eigenvalue weighted by Crippen LogP contribution is -2.35. The fourth-order valence-corrected chi connectivity index (χ4v) is 2.77. The van der Waals surface area contributed by atoms with Gasteiger partial charge in [0.15, 0.2) is 11.5 Å². The summed E-state index contributed by atoms with van der Waals surface area (Å²) in [6.07, 6.45) is 1.47. The highest BCUT2D eigenvalue weighted by molar-refractivity contribution is 5.97. The van der Waals surface area contributed by atoms with Crippen molar-refractivity contribution in [2.24, 2.45) is 5.10 Å². The fraction of sp³-hybridized carbons (Fsp3) is 0.348. The number of carbonyl (C=O) groups is 2. The van der Waals surface area contributed by atoms with Crippen molar-refractivity contribution in [1.82, 2.24) is 10.7 Å². The molecule has 9 heteroatoms. The van der Waals surface area contributed by atoms with E-state index < -0.39 is 11.8 Å². The summed E-state index contributed by atoms with van der Waals surface area (Å²) in [5.41, 5.74) is 3.36. The largest absolute Gasteiger partial charge is 0.496 e. The van der Waals surface area contributed by atoms with Crippen molar-refractivity contribution in [3.05, 3.63) is 47.5 Å². The molecular formula is C23H29N3O6. The minimum Gasteiger partial charge on any atom is -0.496 e. The molecule has 0 aliphatic rings. The van der Waals surface area contributed by atoms with Crippen LogP contribution in [0.25, 0.3) is 0 Å². The molecule has 32 heavy (non-hydrogen) atoms. The molecule has 2 aromatic rings. The molecule has 2 N–H and O–H groups in total. The summed E-state index contributed by atoms with van der Waals surface area (Å²) in [5.74, 6) is 0.928. The smallest absolute Gasteiger partial charge is 0.259 e. The molecule has 2 rings (SSSR count). The topological polar surface area (TPSA) is 107 Å². The molecule has 2 amide bonds. The second-order valence-corrected chi connectivity index (χ2v) is 6.32. The number of amides is 2. The van der Waals surface area contributed by atoms with Crippen molar-refractivity contribution >= 4 is 18.0 Å². The van der Waals surface area contributed by atoms with Crippen LogP contribution < -0.4 is 29.7 Å². The number of hydrogen-bond acceptors (Lipinski definition) is 7. The molecule has 0 bridgehead atoms. The van der Waals surface area contributed by atoms with Crippen LogP contribution in [-0.4, -0.2) is 51.5 Å². The average Bonchev–Trinajstić information content (AvgIpc) is 2.80. The normalized spacial score (nSPS) is 10.5. The first-order valence-corrected chi connectivity index (χ1v) is 10.3. The third-order valence-corrected chi connectivity index (χ3v) is 4.11. The summed E-state index contributed by atoms with van der Waals surface area (Å²) < 4.78 is 22.1. The van der Waals surface area contributed by atoms with Crippen LogP contribution in [0, 0.1) is 0 Å². The lowest BCUT2D eigenvalue weighted by atomic mass is 10.1. The minimum atomic E-state index is -0.481. The van der Waals surface area contributed by atoms with Gasteiger partial charge in [0.2, 0.25) is 5.75 Å². The third kappa shape index (κ3) is 6.90. The summed E-state index contributed by atoms with van der Waals surface area (Å²) in [7, 11) is 1.55. The van der Waals surface area contributed by atoms with Crippen molar-refractivity contribution in [2.75, 3.05) is 33.5 Å². The van der Waals surface area contributed by atoms with E-state index in [2.05, 4.69) is 15.8 Å². The number of rotatable bonds is 12. The summed E-state index contributed by atoms with van der Waals surface area (Å²) in [6.45, 7) is 6.45. The molecule has 0 saturated carbocycles. The first-order valence-electron chi connectivity index (χ1n) is 10.3. The molecule has 0 aliphatic carbocycles. The van der Waals surface area contributed by atoms with E-state index in [0.717, 1.165) is 0 Å². The Kier molecular flexibility index (Phi) is 9.83. The Balaban J connectivity index is 2.03. The van der Waals surface area contributed by atoms with Crippen LogP contribution in [0.1, 0.15) is 36.7 Å². The molecule has 0 aromatic heterocycles. The number of nitrogens with zero attached hydrogens (tertiary/aromatic N) is 1. The van der Waals surface area contributed by atoms with Crippen LogP contribution in [0.15, 0.2) is 41.5 Å². The van der Waals surface area contributed by atoms with Crippen molar-refractivity contribution in [2.45, 2.75) is 20.8 Å². The maximum Gasteiger partial charge on any atom is 0.259 e. The molecule has 0 aliphatic heterocycles. The standard InChI is InChI=1S/C23H29N3O6/c1-5-30-19-12-17(13-20(31-6-2)22(19)32-7-3)23(28)24-15-21(27)26-25-14-16-10-8-9-11-18(16)29-4/h8-14H,5-7,15H2,1-4H3,(H,24,28)(H,26,27)/b25-14+. The van der Waals surface area contributed by atoms with Gasteiger partial charge in [-0.25, -0.2) is 5.43 Å². The molecule has 0 heterocycles. The molecule has 2 aromatic carbocycles. The van der Waals surface area contributed by atoms with E-state index >= 15 is 0 Å². The molecule has 0 atom stereocenters. The van der Waals surface area contributed by atoms with Gasteiger partial charge in [0.25, 0.3) is 11.8 Å². The zero-order chi connectivity index (χ0) is 23.3. The molecule has 9 nitrogen and oxygen atoms in total. The zero-order valence-corrected chi connectivity index (χ0v) is 18.8. The van der Waals surface area contributed by atoms with Gasteiger partial charge in [-0.15, -0.1) is 0 Å². The average molecular weight is 444 g/mol. The second kappa shape index (κ2) is 12.8. The summed E-state index contributed by atoms with van der Waals surface area (Å²) >= 11 is 0. The Morgan fingerprint density at radius 3 is 2.16 bits per heavy atom. The van der Waals surface area contributed by atoms with Crippen LogP contribution in [-0.2, 0) is 4.79 Å². The Morgan fingerprint density at radius 2 is 1.56 bits per heavy atom. The monoisotopic (exact) mass is 443 g/mol. The summed E-state index contributed by atoms with van der Waals surface area (Å²) in [4.78, 5) is 24.7. The molecule has 172 valence electrons. The van der Waals surface area contributed by atoms with E-state index in [-0.39, 0.29) is 12.1 Å². The van der Waals surface area contributed by atoms with Crippen LogP contribution in [0.3, 0.4) is 0 Å². The molecule has 0 fully saturated rings. The van der Waals surface area contributed by atoms with E-state index in [1.807, 2.05) is 32.9 Å². The van der Waals surface area contributed by atoms with E-state index in [4.69, 9.17) is 18.9 Å². The van der Waals surface area contributed by atoms with Crippen molar-refractivity contribution in [3.8, 4) is 23.0 Å². The molecule has 0 spiro atoms. The van der Waals surface area contributed by atoms with Crippen LogP contribution in [0.5, 0.6) is 23.0 Å². The Hall–Kier alpha value is -3.75. The van der Waals surface area contributed by atoms with Gasteiger partial charge in [0.05, 0.1) is 39.7 Å². The summed E-state index contributed by atoms with van der Waals surface area (Å²) in [5, 5.41) is 6.46. The zero-order valence-electron chi connectivity index (χ0n) is 18.8. The first kappa shape index (κ1) is 24.5. The lowest BCUT2D eigenvalue weighted by molar-refractivity contribution is -0.120. The number of para-hydroxylation sites is 1. The highest BCUT2D eigenvalue weighted by atomic mass is 16.5. The Bertz CT molecular complexity index is 918. The van der Waals surface area contributed by atoms with E-state index in [9.17, 15) is 9.59 Å². The van der Waals surface area contributed by atoms with Crippen molar-refractivity contribution in [3.63, 3.8) is 0 Å². The van der Waals surface area contributed by atoms with Gasteiger partial charge in [0, 0.05) is 11.1 Å². The van der Waals surface area contributed by atoms with Crippen molar-refractivity contribution in [1.29, 1.82) is 0 Å². The molecule has 0 unspecified atom stereocenters. The minimum absolute atomic E-state index is 0.261. The lowest BCUT2D eigenvalue weighted by Gasteiger charge is -2.17. The van der Waals surface area contributed by atoms with E-state index in [1.54, 1.807) is 31.4 Å². The second-order valence-electron chi connectivity index (χ2n) is 6.32.